The molecule has 0 saturated heterocycles. The first kappa shape index (κ1) is 16.0. The van der Waals surface area contributed by atoms with Crippen LogP contribution in [0.1, 0.15) is 16.4 Å². The van der Waals surface area contributed by atoms with Crippen molar-refractivity contribution in [1.82, 2.24) is 14.7 Å². The zero-order valence-electron chi connectivity index (χ0n) is 11.2. The average molecular weight is 342 g/mol. The van der Waals surface area contributed by atoms with E-state index < -0.39 is 10.0 Å². The average Bonchev–Trinajstić information content (AvgIpc) is 2.84. The maximum Gasteiger partial charge on any atom is 0.242 e. The standard InChI is InChI=1S/C12H14N4O2S3/c1-8-16-9(7-20-8)4-6-15-21(17,18)10-3-2-5-14-11(10)12(13)19/h2-3,5,7,15H,4,6H2,1H3,(H2,13,19). The van der Waals surface area contributed by atoms with Gasteiger partial charge in [-0.25, -0.2) is 18.1 Å². The van der Waals surface area contributed by atoms with Gasteiger partial charge in [0, 0.05) is 24.5 Å². The molecule has 0 aliphatic rings. The molecule has 6 nitrogen and oxygen atoms in total. The summed E-state index contributed by atoms with van der Waals surface area (Å²) in [5.41, 5.74) is 6.47. The lowest BCUT2D eigenvalue weighted by molar-refractivity contribution is 0.580. The van der Waals surface area contributed by atoms with Crippen molar-refractivity contribution >= 4 is 38.6 Å². The zero-order chi connectivity index (χ0) is 15.5. The highest BCUT2D eigenvalue weighted by Crippen LogP contribution is 2.13. The monoisotopic (exact) mass is 342 g/mol. The highest BCUT2D eigenvalue weighted by Gasteiger charge is 2.20. The predicted octanol–water partition coefficient (Wildman–Crippen LogP) is 1.00. The van der Waals surface area contributed by atoms with Crippen molar-refractivity contribution in [2.45, 2.75) is 18.2 Å². The Kier molecular flexibility index (Phi) is 4.99. The summed E-state index contributed by atoms with van der Waals surface area (Å²) in [6.45, 7) is 2.15. The van der Waals surface area contributed by atoms with Gasteiger partial charge in [0.1, 0.15) is 15.6 Å². The fraction of sp³-hybridized carbons (Fsp3) is 0.250. The Morgan fingerprint density at radius 1 is 1.52 bits per heavy atom. The van der Waals surface area contributed by atoms with E-state index in [1.807, 2.05) is 12.3 Å². The normalized spacial score (nSPS) is 11.5. The van der Waals surface area contributed by atoms with Crippen LogP contribution in [0.25, 0.3) is 0 Å². The second-order valence-electron chi connectivity index (χ2n) is 4.22. The third kappa shape index (κ3) is 4.03. The van der Waals surface area contributed by atoms with Crippen molar-refractivity contribution in [2.24, 2.45) is 5.73 Å². The second kappa shape index (κ2) is 6.56. The fourth-order valence-electron chi connectivity index (χ4n) is 1.71. The molecule has 0 saturated carbocycles. The molecule has 0 atom stereocenters. The van der Waals surface area contributed by atoms with Crippen LogP contribution in [-0.2, 0) is 16.4 Å². The van der Waals surface area contributed by atoms with Crippen molar-refractivity contribution in [1.29, 1.82) is 0 Å². The smallest absolute Gasteiger partial charge is 0.242 e. The van der Waals surface area contributed by atoms with Crippen molar-refractivity contribution < 1.29 is 8.42 Å². The molecule has 0 aliphatic heterocycles. The number of aromatic nitrogens is 2. The Morgan fingerprint density at radius 3 is 2.90 bits per heavy atom. The van der Waals surface area contributed by atoms with E-state index in [-0.39, 0.29) is 22.1 Å². The Morgan fingerprint density at radius 2 is 2.29 bits per heavy atom. The van der Waals surface area contributed by atoms with Gasteiger partial charge >= 0.3 is 0 Å². The largest absolute Gasteiger partial charge is 0.388 e. The molecule has 0 radical (unpaired) electrons. The summed E-state index contributed by atoms with van der Waals surface area (Å²) in [5, 5.41) is 2.87. The number of nitrogens with two attached hydrogens (primary N) is 1. The maximum absolute atomic E-state index is 12.3. The minimum Gasteiger partial charge on any atom is -0.388 e. The molecular weight excluding hydrogens is 328 g/mol. The molecule has 112 valence electrons. The van der Waals surface area contributed by atoms with Gasteiger partial charge in [-0.1, -0.05) is 12.2 Å². The van der Waals surface area contributed by atoms with E-state index in [1.165, 1.54) is 29.7 Å². The highest BCUT2D eigenvalue weighted by molar-refractivity contribution is 7.89. The van der Waals surface area contributed by atoms with E-state index >= 15 is 0 Å². The number of aryl methyl sites for hydroxylation is 1. The lowest BCUT2D eigenvalue weighted by Gasteiger charge is -2.09. The Hall–Kier alpha value is -1.42. The van der Waals surface area contributed by atoms with Crippen LogP contribution >= 0.6 is 23.6 Å². The lowest BCUT2D eigenvalue weighted by Crippen LogP contribution is -2.29. The number of thiazole rings is 1. The molecule has 0 unspecified atom stereocenters. The Bertz CT molecular complexity index is 755. The molecule has 2 aromatic rings. The number of pyridine rings is 1. The molecule has 0 fully saturated rings. The molecule has 0 aromatic carbocycles. The van der Waals surface area contributed by atoms with Crippen molar-refractivity contribution in [2.75, 3.05) is 6.54 Å². The van der Waals surface area contributed by atoms with Gasteiger partial charge in [0.15, 0.2) is 0 Å². The first-order valence-corrected chi connectivity index (χ1v) is 8.83. The number of sulfonamides is 1. The fourth-order valence-corrected chi connectivity index (χ4v) is 3.78. The summed E-state index contributed by atoms with van der Waals surface area (Å²) in [4.78, 5) is 8.14. The van der Waals surface area contributed by atoms with Gasteiger partial charge in [-0.15, -0.1) is 11.3 Å². The van der Waals surface area contributed by atoms with Gasteiger partial charge in [-0.3, -0.25) is 4.98 Å². The van der Waals surface area contributed by atoms with Crippen LogP contribution < -0.4 is 10.5 Å². The SMILES string of the molecule is Cc1nc(CCNS(=O)(=O)c2cccnc2C(N)=S)cs1. The Labute approximate surface area is 132 Å². The summed E-state index contributed by atoms with van der Waals surface area (Å²) in [5.74, 6) is 0. The number of thiocarbonyl (C=S) groups is 1. The van der Waals surface area contributed by atoms with Gasteiger partial charge < -0.3 is 5.73 Å². The highest BCUT2D eigenvalue weighted by atomic mass is 32.2. The van der Waals surface area contributed by atoms with Crippen LogP contribution in [-0.4, -0.2) is 29.9 Å². The van der Waals surface area contributed by atoms with Gasteiger partial charge in [0.25, 0.3) is 0 Å². The molecular formula is C12H14N4O2S3. The summed E-state index contributed by atoms with van der Waals surface area (Å²) in [6.07, 6.45) is 1.97. The summed E-state index contributed by atoms with van der Waals surface area (Å²) < 4.78 is 27.0. The number of hydrogen-bond donors (Lipinski definition) is 2. The van der Waals surface area contributed by atoms with Crippen LogP contribution in [0.5, 0.6) is 0 Å². The number of nitrogens with one attached hydrogen (secondary N) is 1. The topological polar surface area (TPSA) is 98.0 Å². The van der Waals surface area contributed by atoms with E-state index in [4.69, 9.17) is 18.0 Å². The van der Waals surface area contributed by atoms with E-state index in [0.29, 0.717) is 6.42 Å². The summed E-state index contributed by atoms with van der Waals surface area (Å²) in [7, 11) is -3.70. The minimum atomic E-state index is -3.70. The molecule has 2 aromatic heterocycles. The van der Waals surface area contributed by atoms with E-state index in [9.17, 15) is 8.42 Å². The first-order valence-electron chi connectivity index (χ1n) is 6.05. The van der Waals surface area contributed by atoms with Gasteiger partial charge in [-0.05, 0) is 19.1 Å². The second-order valence-corrected chi connectivity index (χ2v) is 7.46. The summed E-state index contributed by atoms with van der Waals surface area (Å²) >= 11 is 6.36. The van der Waals surface area contributed by atoms with Crippen molar-refractivity contribution in [3.8, 4) is 0 Å². The van der Waals surface area contributed by atoms with Crippen LogP contribution in [0, 0.1) is 6.92 Å². The molecule has 0 bridgehead atoms. The molecule has 0 spiro atoms. The Balaban J connectivity index is 2.10. The number of hydrogen-bond acceptors (Lipinski definition) is 6. The first-order chi connectivity index (χ1) is 9.90. The molecule has 0 amide bonds. The van der Waals surface area contributed by atoms with E-state index in [0.717, 1.165) is 10.7 Å². The summed E-state index contributed by atoms with van der Waals surface area (Å²) in [6, 6.07) is 2.96. The third-order valence-electron chi connectivity index (χ3n) is 2.63. The quantitative estimate of drug-likeness (QED) is 0.760. The van der Waals surface area contributed by atoms with Crippen LogP contribution in [0.15, 0.2) is 28.6 Å². The number of nitrogens with zero attached hydrogens (tertiary/aromatic N) is 2. The van der Waals surface area contributed by atoms with E-state index in [1.54, 1.807) is 0 Å². The maximum atomic E-state index is 12.3. The lowest BCUT2D eigenvalue weighted by atomic mass is 10.3. The van der Waals surface area contributed by atoms with Crippen molar-refractivity contribution in [3.05, 3.63) is 40.1 Å². The van der Waals surface area contributed by atoms with Gasteiger partial charge in [-0.2, -0.15) is 0 Å². The third-order valence-corrected chi connectivity index (χ3v) is 5.14. The van der Waals surface area contributed by atoms with Gasteiger partial charge in [0.05, 0.1) is 10.7 Å². The van der Waals surface area contributed by atoms with Crippen LogP contribution in [0.2, 0.25) is 0 Å². The number of rotatable bonds is 6. The van der Waals surface area contributed by atoms with E-state index in [2.05, 4.69) is 14.7 Å². The molecule has 0 aliphatic carbocycles. The molecule has 3 N–H and O–H groups in total. The molecule has 9 heteroatoms. The van der Waals surface area contributed by atoms with Gasteiger partial charge in [0.2, 0.25) is 10.0 Å². The zero-order valence-corrected chi connectivity index (χ0v) is 13.7. The van der Waals surface area contributed by atoms with Crippen LogP contribution in [0.4, 0.5) is 0 Å². The molecule has 21 heavy (non-hydrogen) atoms. The van der Waals surface area contributed by atoms with Crippen molar-refractivity contribution in [3.63, 3.8) is 0 Å². The predicted molar refractivity (Wildman–Crippen MR) is 85.9 cm³/mol. The molecule has 2 heterocycles. The van der Waals surface area contributed by atoms with Crippen LogP contribution in [0.3, 0.4) is 0 Å². The minimum absolute atomic E-state index is 0.00745. The molecule has 2 rings (SSSR count).